The molecule has 7 heteroatoms. The first-order valence-electron chi connectivity index (χ1n) is 6.40. The largest absolute Gasteiger partial charge is 0.466 e. The van der Waals surface area contributed by atoms with Crippen LogP contribution in [0.5, 0.6) is 5.88 Å². The fourth-order valence-corrected chi connectivity index (χ4v) is 2.12. The van der Waals surface area contributed by atoms with Crippen molar-refractivity contribution in [1.29, 1.82) is 0 Å². The monoisotopic (exact) mass is 286 g/mol. The van der Waals surface area contributed by atoms with Crippen molar-refractivity contribution in [1.82, 2.24) is 4.98 Å². The van der Waals surface area contributed by atoms with Crippen molar-refractivity contribution in [2.24, 2.45) is 5.92 Å². The van der Waals surface area contributed by atoms with Gasteiger partial charge in [-0.15, -0.1) is 0 Å². The maximum atomic E-state index is 12.1. The third-order valence-corrected chi connectivity index (χ3v) is 3.01. The third-order valence-electron chi connectivity index (χ3n) is 3.01. The molecule has 0 radical (unpaired) electrons. The van der Waals surface area contributed by atoms with Crippen LogP contribution in [0.2, 0.25) is 0 Å². The summed E-state index contributed by atoms with van der Waals surface area (Å²) in [6, 6.07) is 3.19. The Balaban J connectivity index is 1.84. The second-order valence-electron chi connectivity index (χ2n) is 4.51. The molecule has 1 aromatic heterocycles. The number of aromatic nitrogens is 1. The lowest BCUT2D eigenvalue weighted by atomic mass is 9.96. The average Bonchev–Trinajstić information content (AvgIpc) is 2.33. The molecule has 5 nitrogen and oxygen atoms in total. The highest BCUT2D eigenvalue weighted by molar-refractivity contribution is 5.70. The quantitative estimate of drug-likeness (QED) is 0.749. The highest BCUT2D eigenvalue weighted by Crippen LogP contribution is 2.28. The predicted molar refractivity (Wildman–Crippen MR) is 67.8 cm³/mol. The van der Waals surface area contributed by atoms with E-state index in [1.165, 1.54) is 12.3 Å². The zero-order valence-electron chi connectivity index (χ0n) is 11.1. The van der Waals surface area contributed by atoms with Gasteiger partial charge in [0.2, 0.25) is 5.88 Å². The van der Waals surface area contributed by atoms with Gasteiger partial charge in [-0.05, 0) is 13.0 Å². The molecule has 2 rings (SSSR count). The SMILES string of the molecule is CCOC(=O)CC1CN(c2ccnc(OC(F)F)c2)C1. The lowest BCUT2D eigenvalue weighted by Gasteiger charge is -2.40. The molecule has 0 unspecified atom stereocenters. The number of halogens is 2. The van der Waals surface area contributed by atoms with Gasteiger partial charge in [0.25, 0.3) is 0 Å². The van der Waals surface area contributed by atoms with E-state index in [-0.39, 0.29) is 17.8 Å². The van der Waals surface area contributed by atoms with E-state index >= 15 is 0 Å². The number of hydrogen-bond acceptors (Lipinski definition) is 5. The number of pyridine rings is 1. The zero-order valence-corrected chi connectivity index (χ0v) is 11.1. The van der Waals surface area contributed by atoms with Gasteiger partial charge in [0, 0.05) is 37.0 Å². The van der Waals surface area contributed by atoms with Crippen LogP contribution >= 0.6 is 0 Å². The van der Waals surface area contributed by atoms with Crippen molar-refractivity contribution in [2.45, 2.75) is 20.0 Å². The number of esters is 1. The molecule has 1 aromatic rings. The summed E-state index contributed by atoms with van der Waals surface area (Å²) in [5.74, 6) is -0.0679. The van der Waals surface area contributed by atoms with Gasteiger partial charge in [0.1, 0.15) is 0 Å². The molecule has 0 aromatic carbocycles. The molecular formula is C13H16F2N2O3. The third kappa shape index (κ3) is 3.79. The van der Waals surface area contributed by atoms with Gasteiger partial charge in [0.05, 0.1) is 13.0 Å². The molecule has 1 aliphatic rings. The summed E-state index contributed by atoms with van der Waals surface area (Å²) in [7, 11) is 0. The van der Waals surface area contributed by atoms with E-state index in [1.807, 2.05) is 4.90 Å². The summed E-state index contributed by atoms with van der Waals surface area (Å²) in [5.41, 5.74) is 0.760. The van der Waals surface area contributed by atoms with Gasteiger partial charge in [-0.3, -0.25) is 4.79 Å². The molecule has 110 valence electrons. The smallest absolute Gasteiger partial charge is 0.388 e. The van der Waals surface area contributed by atoms with E-state index in [1.54, 1.807) is 13.0 Å². The lowest BCUT2D eigenvalue weighted by molar-refractivity contribution is -0.144. The molecular weight excluding hydrogens is 270 g/mol. The fraction of sp³-hybridized carbons (Fsp3) is 0.538. The molecule has 1 fully saturated rings. The topological polar surface area (TPSA) is 51.7 Å². The summed E-state index contributed by atoms with van der Waals surface area (Å²) < 4.78 is 33.3. The van der Waals surface area contributed by atoms with Gasteiger partial charge in [0.15, 0.2) is 0 Å². The van der Waals surface area contributed by atoms with Crippen LogP contribution in [-0.4, -0.2) is 37.3 Å². The Morgan fingerprint density at radius 2 is 2.30 bits per heavy atom. The van der Waals surface area contributed by atoms with Crippen molar-refractivity contribution < 1.29 is 23.0 Å². The van der Waals surface area contributed by atoms with Crippen LogP contribution < -0.4 is 9.64 Å². The Morgan fingerprint density at radius 1 is 1.55 bits per heavy atom. The highest BCUT2D eigenvalue weighted by Gasteiger charge is 2.29. The van der Waals surface area contributed by atoms with Gasteiger partial charge in [-0.2, -0.15) is 8.78 Å². The molecule has 1 saturated heterocycles. The van der Waals surface area contributed by atoms with Crippen molar-refractivity contribution in [3.8, 4) is 5.88 Å². The van der Waals surface area contributed by atoms with Gasteiger partial charge in [-0.25, -0.2) is 4.98 Å². The van der Waals surface area contributed by atoms with Crippen LogP contribution in [0.25, 0.3) is 0 Å². The van der Waals surface area contributed by atoms with Gasteiger partial charge in [-0.1, -0.05) is 0 Å². The van der Waals surface area contributed by atoms with Crippen LogP contribution in [0.3, 0.4) is 0 Å². The maximum Gasteiger partial charge on any atom is 0.388 e. The van der Waals surface area contributed by atoms with E-state index < -0.39 is 6.61 Å². The molecule has 1 aliphatic heterocycles. The lowest BCUT2D eigenvalue weighted by Crippen LogP contribution is -2.47. The Labute approximate surface area is 115 Å². The Kier molecular flexibility index (Phi) is 4.70. The molecule has 0 saturated carbocycles. The number of carbonyl (C=O) groups excluding carboxylic acids is 1. The maximum absolute atomic E-state index is 12.1. The standard InChI is InChI=1S/C13H16F2N2O3/c1-2-19-12(18)5-9-7-17(8-9)10-3-4-16-11(6-10)20-13(14)15/h3-4,6,9,13H,2,5,7-8H2,1H3. The van der Waals surface area contributed by atoms with Crippen LogP contribution in [0.15, 0.2) is 18.3 Å². The minimum atomic E-state index is -2.88. The summed E-state index contributed by atoms with van der Waals surface area (Å²) >= 11 is 0. The van der Waals surface area contributed by atoms with Crippen LogP contribution in [-0.2, 0) is 9.53 Å². The average molecular weight is 286 g/mol. The van der Waals surface area contributed by atoms with Crippen LogP contribution in [0, 0.1) is 5.92 Å². The molecule has 0 N–H and O–H groups in total. The van der Waals surface area contributed by atoms with Crippen LogP contribution in [0.1, 0.15) is 13.3 Å². The number of carbonyl (C=O) groups is 1. The van der Waals surface area contributed by atoms with E-state index in [2.05, 4.69) is 9.72 Å². The number of hydrogen-bond donors (Lipinski definition) is 0. The van der Waals surface area contributed by atoms with Crippen molar-refractivity contribution in [3.05, 3.63) is 18.3 Å². The van der Waals surface area contributed by atoms with E-state index in [9.17, 15) is 13.6 Å². The minimum absolute atomic E-state index is 0.105. The molecule has 20 heavy (non-hydrogen) atoms. The fourth-order valence-electron chi connectivity index (χ4n) is 2.12. The molecule has 0 bridgehead atoms. The first kappa shape index (κ1) is 14.5. The van der Waals surface area contributed by atoms with Crippen molar-refractivity contribution >= 4 is 11.7 Å². The summed E-state index contributed by atoms with van der Waals surface area (Å²) in [6.07, 6.45) is 1.81. The van der Waals surface area contributed by atoms with Crippen molar-refractivity contribution in [3.63, 3.8) is 0 Å². The second-order valence-corrected chi connectivity index (χ2v) is 4.51. The molecule has 0 amide bonds. The number of nitrogens with zero attached hydrogens (tertiary/aromatic N) is 2. The zero-order chi connectivity index (χ0) is 14.5. The Bertz CT molecular complexity index is 465. The highest BCUT2D eigenvalue weighted by atomic mass is 19.3. The number of rotatable bonds is 6. The van der Waals surface area contributed by atoms with E-state index in [0.717, 1.165) is 5.69 Å². The first-order valence-corrected chi connectivity index (χ1v) is 6.40. The van der Waals surface area contributed by atoms with E-state index in [0.29, 0.717) is 26.1 Å². The molecule has 0 aliphatic carbocycles. The molecule has 0 spiro atoms. The van der Waals surface area contributed by atoms with Crippen molar-refractivity contribution in [2.75, 3.05) is 24.6 Å². The molecule has 0 atom stereocenters. The Morgan fingerprint density at radius 3 is 2.95 bits per heavy atom. The summed E-state index contributed by atoms with van der Waals surface area (Å²) in [6.45, 7) is 0.652. The van der Waals surface area contributed by atoms with Gasteiger partial charge < -0.3 is 14.4 Å². The van der Waals surface area contributed by atoms with E-state index in [4.69, 9.17) is 4.74 Å². The number of alkyl halides is 2. The first-order chi connectivity index (χ1) is 9.58. The second kappa shape index (κ2) is 6.49. The number of anilines is 1. The summed E-state index contributed by atoms with van der Waals surface area (Å²) in [4.78, 5) is 17.0. The number of ether oxygens (including phenoxy) is 2. The Hall–Kier alpha value is -1.92. The van der Waals surface area contributed by atoms with Gasteiger partial charge >= 0.3 is 12.6 Å². The van der Waals surface area contributed by atoms with Crippen LogP contribution in [0.4, 0.5) is 14.5 Å². The predicted octanol–water partition coefficient (Wildman–Crippen LogP) is 2.07. The minimum Gasteiger partial charge on any atom is -0.466 e. The normalized spacial score (nSPS) is 15.1. The summed E-state index contributed by atoms with van der Waals surface area (Å²) in [5, 5.41) is 0. The molecule has 2 heterocycles.